The number of nitrogens with zero attached hydrogens (tertiary/aromatic N) is 1. The standard InChI is InChI=1S/C9H10BrNO5S2/c10-8-7(5-6(17-8)9(12)13)18(14,15)11-1-3-16-4-2-11/h5H,1-4H2,(H,12,13). The molecule has 1 fully saturated rings. The quantitative estimate of drug-likeness (QED) is 0.881. The van der Waals surface area contributed by atoms with Crippen LogP contribution in [0.1, 0.15) is 9.67 Å². The Morgan fingerprint density at radius 1 is 1.44 bits per heavy atom. The Labute approximate surface area is 116 Å². The summed E-state index contributed by atoms with van der Waals surface area (Å²) in [5.74, 6) is -1.14. The van der Waals surface area contributed by atoms with E-state index in [9.17, 15) is 13.2 Å². The van der Waals surface area contributed by atoms with Crippen LogP contribution < -0.4 is 0 Å². The number of hydrogen-bond acceptors (Lipinski definition) is 5. The Morgan fingerprint density at radius 3 is 2.56 bits per heavy atom. The summed E-state index contributed by atoms with van der Waals surface area (Å²) in [6.45, 7) is 1.28. The van der Waals surface area contributed by atoms with Gasteiger partial charge in [0, 0.05) is 13.1 Å². The molecule has 1 N–H and O–H groups in total. The number of halogens is 1. The normalized spacial score (nSPS) is 17.8. The van der Waals surface area contributed by atoms with Crippen LogP contribution in [0.5, 0.6) is 0 Å². The van der Waals surface area contributed by atoms with Crippen molar-refractivity contribution >= 4 is 43.3 Å². The van der Waals surface area contributed by atoms with Crippen LogP contribution in [-0.2, 0) is 14.8 Å². The molecule has 0 aliphatic carbocycles. The largest absolute Gasteiger partial charge is 0.477 e. The number of carboxylic acids is 1. The second-order valence-electron chi connectivity index (χ2n) is 3.57. The van der Waals surface area contributed by atoms with Gasteiger partial charge in [-0.25, -0.2) is 13.2 Å². The van der Waals surface area contributed by atoms with Crippen LogP contribution in [0.4, 0.5) is 0 Å². The molecule has 9 heteroatoms. The van der Waals surface area contributed by atoms with E-state index in [1.807, 2.05) is 0 Å². The fraction of sp³-hybridized carbons (Fsp3) is 0.444. The van der Waals surface area contributed by atoms with E-state index in [2.05, 4.69) is 15.9 Å². The molecule has 0 saturated carbocycles. The average molecular weight is 356 g/mol. The highest BCUT2D eigenvalue weighted by molar-refractivity contribution is 9.11. The zero-order chi connectivity index (χ0) is 13.3. The van der Waals surface area contributed by atoms with Crippen molar-refractivity contribution in [3.63, 3.8) is 0 Å². The number of hydrogen-bond donors (Lipinski definition) is 1. The van der Waals surface area contributed by atoms with E-state index in [4.69, 9.17) is 9.84 Å². The van der Waals surface area contributed by atoms with Gasteiger partial charge >= 0.3 is 5.97 Å². The lowest BCUT2D eigenvalue weighted by atomic mass is 10.5. The third-order valence-electron chi connectivity index (χ3n) is 2.45. The number of carbonyl (C=O) groups is 1. The van der Waals surface area contributed by atoms with Crippen LogP contribution in [0.25, 0.3) is 0 Å². The summed E-state index contributed by atoms with van der Waals surface area (Å²) in [4.78, 5) is 10.8. The maximum atomic E-state index is 12.3. The number of rotatable bonds is 3. The van der Waals surface area contributed by atoms with Crippen molar-refractivity contribution in [2.45, 2.75) is 4.90 Å². The molecule has 2 heterocycles. The fourth-order valence-corrected chi connectivity index (χ4v) is 5.32. The molecule has 1 saturated heterocycles. The Balaban J connectivity index is 2.37. The predicted molar refractivity (Wildman–Crippen MR) is 68.6 cm³/mol. The van der Waals surface area contributed by atoms with Gasteiger partial charge in [0.05, 0.1) is 17.0 Å². The van der Waals surface area contributed by atoms with E-state index < -0.39 is 16.0 Å². The van der Waals surface area contributed by atoms with Gasteiger partial charge in [-0.15, -0.1) is 11.3 Å². The first-order chi connectivity index (χ1) is 8.43. The lowest BCUT2D eigenvalue weighted by Gasteiger charge is -2.25. The molecular weight excluding hydrogens is 346 g/mol. The van der Waals surface area contributed by atoms with Gasteiger partial charge in [0.15, 0.2) is 0 Å². The lowest BCUT2D eigenvalue weighted by Crippen LogP contribution is -2.40. The van der Waals surface area contributed by atoms with E-state index in [-0.39, 0.29) is 22.9 Å². The molecule has 1 aromatic heterocycles. The molecule has 0 aromatic carbocycles. The second-order valence-corrected chi connectivity index (χ2v) is 7.85. The zero-order valence-corrected chi connectivity index (χ0v) is 12.3. The van der Waals surface area contributed by atoms with Gasteiger partial charge in [0.2, 0.25) is 10.0 Å². The molecule has 100 valence electrons. The van der Waals surface area contributed by atoms with Gasteiger partial charge in [-0.05, 0) is 22.0 Å². The number of sulfonamides is 1. The highest BCUT2D eigenvalue weighted by Crippen LogP contribution is 2.33. The molecule has 0 spiro atoms. The van der Waals surface area contributed by atoms with Crippen LogP contribution in [0.3, 0.4) is 0 Å². The maximum absolute atomic E-state index is 12.3. The second kappa shape index (κ2) is 5.25. The average Bonchev–Trinajstić information content (AvgIpc) is 2.73. The molecule has 0 amide bonds. The zero-order valence-electron chi connectivity index (χ0n) is 9.13. The van der Waals surface area contributed by atoms with Gasteiger partial charge in [-0.2, -0.15) is 4.31 Å². The summed E-state index contributed by atoms with van der Waals surface area (Å²) in [5, 5.41) is 8.86. The van der Waals surface area contributed by atoms with Gasteiger partial charge in [0.1, 0.15) is 9.77 Å². The summed E-state index contributed by atoms with van der Waals surface area (Å²) >= 11 is 4.00. The molecule has 6 nitrogen and oxygen atoms in total. The molecule has 1 aliphatic heterocycles. The molecule has 1 aliphatic rings. The molecule has 0 bridgehead atoms. The summed E-state index contributed by atoms with van der Waals surface area (Å²) in [5.41, 5.74) is 0. The highest BCUT2D eigenvalue weighted by atomic mass is 79.9. The molecule has 0 unspecified atom stereocenters. The number of ether oxygens (including phenoxy) is 1. The van der Waals surface area contributed by atoms with E-state index in [0.29, 0.717) is 17.0 Å². The maximum Gasteiger partial charge on any atom is 0.345 e. The third kappa shape index (κ3) is 2.59. The van der Waals surface area contributed by atoms with Crippen LogP contribution >= 0.6 is 27.3 Å². The highest BCUT2D eigenvalue weighted by Gasteiger charge is 2.30. The van der Waals surface area contributed by atoms with Gasteiger partial charge in [0.25, 0.3) is 0 Å². The first kappa shape index (κ1) is 13.9. The topological polar surface area (TPSA) is 83.9 Å². The summed E-state index contributed by atoms with van der Waals surface area (Å²) in [6, 6.07) is 1.18. The van der Waals surface area contributed by atoms with Crippen molar-refractivity contribution < 1.29 is 23.1 Å². The summed E-state index contributed by atoms with van der Waals surface area (Å²) in [6.07, 6.45) is 0. The third-order valence-corrected chi connectivity index (χ3v) is 6.59. The smallest absolute Gasteiger partial charge is 0.345 e. The minimum atomic E-state index is -3.65. The van der Waals surface area contributed by atoms with E-state index in [0.717, 1.165) is 11.3 Å². The first-order valence-electron chi connectivity index (χ1n) is 5.03. The Morgan fingerprint density at radius 2 is 2.06 bits per heavy atom. The molecule has 2 rings (SSSR count). The van der Waals surface area contributed by atoms with Crippen LogP contribution in [-0.4, -0.2) is 50.1 Å². The Bertz CT molecular complexity index is 562. The van der Waals surface area contributed by atoms with E-state index >= 15 is 0 Å². The van der Waals surface area contributed by atoms with E-state index in [1.54, 1.807) is 0 Å². The van der Waals surface area contributed by atoms with Crippen molar-refractivity contribution in [2.75, 3.05) is 26.3 Å². The number of aromatic carboxylic acids is 1. The molecule has 18 heavy (non-hydrogen) atoms. The molecule has 1 aromatic rings. The van der Waals surface area contributed by atoms with Crippen LogP contribution in [0, 0.1) is 0 Å². The molecular formula is C9H10BrNO5S2. The van der Waals surface area contributed by atoms with Crippen molar-refractivity contribution in [1.29, 1.82) is 0 Å². The number of morpholine rings is 1. The van der Waals surface area contributed by atoms with Crippen molar-refractivity contribution in [2.24, 2.45) is 0 Å². The minimum absolute atomic E-state index is 0.00582. The predicted octanol–water partition coefficient (Wildman–Crippen LogP) is 1.23. The lowest BCUT2D eigenvalue weighted by molar-refractivity contribution is 0.0701. The SMILES string of the molecule is O=C(O)c1cc(S(=O)(=O)N2CCOCC2)c(Br)s1. The fourth-order valence-electron chi connectivity index (χ4n) is 1.56. The Kier molecular flexibility index (Phi) is 4.07. The van der Waals surface area contributed by atoms with Gasteiger partial charge < -0.3 is 9.84 Å². The monoisotopic (exact) mass is 355 g/mol. The number of carboxylic acid groups (broad SMARTS) is 1. The van der Waals surface area contributed by atoms with Crippen LogP contribution in [0.2, 0.25) is 0 Å². The summed E-state index contributed by atoms with van der Waals surface area (Å²) < 4.78 is 31.3. The van der Waals surface area contributed by atoms with Gasteiger partial charge in [-0.1, -0.05) is 0 Å². The molecule has 0 atom stereocenters. The first-order valence-corrected chi connectivity index (χ1v) is 8.08. The van der Waals surface area contributed by atoms with Gasteiger partial charge in [-0.3, -0.25) is 0 Å². The number of thiophene rings is 1. The van der Waals surface area contributed by atoms with Crippen molar-refractivity contribution in [3.05, 3.63) is 14.7 Å². The minimum Gasteiger partial charge on any atom is -0.477 e. The Hall–Kier alpha value is -0.480. The molecule has 0 radical (unpaired) electrons. The van der Waals surface area contributed by atoms with Crippen molar-refractivity contribution in [3.8, 4) is 0 Å². The van der Waals surface area contributed by atoms with E-state index in [1.165, 1.54) is 10.4 Å². The van der Waals surface area contributed by atoms with Crippen LogP contribution in [0.15, 0.2) is 14.7 Å². The van der Waals surface area contributed by atoms with Crippen molar-refractivity contribution in [1.82, 2.24) is 4.31 Å². The summed E-state index contributed by atoms with van der Waals surface area (Å²) in [7, 11) is -3.65.